The predicted molar refractivity (Wildman–Crippen MR) is 148 cm³/mol. The van der Waals surface area contributed by atoms with E-state index in [0.717, 1.165) is 0 Å². The number of carbonyl (C=O) groups excluding carboxylic acids is 3. The van der Waals surface area contributed by atoms with Gasteiger partial charge < -0.3 is 30.3 Å². The van der Waals surface area contributed by atoms with E-state index in [2.05, 4.69) is 15.6 Å². The van der Waals surface area contributed by atoms with Gasteiger partial charge in [-0.15, -0.1) is 0 Å². The van der Waals surface area contributed by atoms with E-state index >= 15 is 0 Å². The molecule has 0 bridgehead atoms. The molecule has 10 nitrogen and oxygen atoms in total. The first-order valence-corrected chi connectivity index (χ1v) is 12.8. The summed E-state index contributed by atoms with van der Waals surface area (Å²) in [6.07, 6.45) is 2.51. The number of benzene rings is 2. The number of likely N-dealkylation sites (N-methyl/N-ethyl adjacent to an activating group) is 1. The Morgan fingerprint density at radius 1 is 1.10 bits per heavy atom. The maximum atomic E-state index is 13.6. The van der Waals surface area contributed by atoms with Crippen molar-refractivity contribution in [1.29, 1.82) is 0 Å². The van der Waals surface area contributed by atoms with E-state index in [4.69, 9.17) is 4.74 Å². The molecule has 1 aromatic heterocycles. The Morgan fingerprint density at radius 2 is 1.82 bits per heavy atom. The van der Waals surface area contributed by atoms with Crippen molar-refractivity contribution in [3.05, 3.63) is 84.2 Å². The van der Waals surface area contributed by atoms with Crippen LogP contribution in [0.3, 0.4) is 0 Å². The number of para-hydroxylation sites is 2. The molecule has 0 aliphatic carbocycles. The molecule has 1 aliphatic heterocycles. The average Bonchev–Trinajstić information content (AvgIpc) is 2.95. The quantitative estimate of drug-likeness (QED) is 0.427. The number of nitrogens with zero attached hydrogens (tertiary/aromatic N) is 3. The number of pyridine rings is 1. The van der Waals surface area contributed by atoms with Crippen LogP contribution in [-0.4, -0.2) is 76.6 Å². The number of nitrogens with one attached hydrogen (secondary N) is 2. The van der Waals surface area contributed by atoms with Crippen molar-refractivity contribution in [3.8, 4) is 5.75 Å². The number of aromatic nitrogens is 1. The lowest BCUT2D eigenvalue weighted by atomic mass is 9.99. The second kappa shape index (κ2) is 12.4. The van der Waals surface area contributed by atoms with E-state index < -0.39 is 12.1 Å². The van der Waals surface area contributed by atoms with Crippen molar-refractivity contribution >= 4 is 29.2 Å². The van der Waals surface area contributed by atoms with Crippen molar-refractivity contribution in [2.75, 3.05) is 37.4 Å². The zero-order valence-electron chi connectivity index (χ0n) is 22.2. The summed E-state index contributed by atoms with van der Waals surface area (Å²) < 4.78 is 6.46. The van der Waals surface area contributed by atoms with Crippen LogP contribution in [0.2, 0.25) is 0 Å². The summed E-state index contributed by atoms with van der Waals surface area (Å²) in [5.41, 5.74) is 1.66. The van der Waals surface area contributed by atoms with Crippen LogP contribution < -0.4 is 15.4 Å². The highest BCUT2D eigenvalue weighted by Crippen LogP contribution is 2.35. The SMILES string of the molecule is C[C@@H]1CN([C@H](C)CO)C(=O)c2cccc(NC(=O)c3ccncc3)c2O[C@@H]1CN(C)C(=O)Nc1ccccc1. The molecule has 4 rings (SSSR count). The van der Waals surface area contributed by atoms with Gasteiger partial charge in [-0.05, 0) is 43.3 Å². The van der Waals surface area contributed by atoms with Gasteiger partial charge in [0.15, 0.2) is 5.75 Å². The van der Waals surface area contributed by atoms with Crippen molar-refractivity contribution in [2.24, 2.45) is 5.92 Å². The molecule has 3 atom stereocenters. The third-order valence-electron chi connectivity index (χ3n) is 6.71. The highest BCUT2D eigenvalue weighted by molar-refractivity contribution is 6.07. The third kappa shape index (κ3) is 6.53. The minimum Gasteiger partial charge on any atom is -0.485 e. The Bertz CT molecular complexity index is 1300. The highest BCUT2D eigenvalue weighted by atomic mass is 16.5. The molecule has 0 unspecified atom stereocenters. The summed E-state index contributed by atoms with van der Waals surface area (Å²) in [6, 6.07) is 16.5. The van der Waals surface area contributed by atoms with Crippen LogP contribution >= 0.6 is 0 Å². The van der Waals surface area contributed by atoms with Gasteiger partial charge in [0.1, 0.15) is 6.10 Å². The number of amides is 4. The molecular formula is C29H33N5O5. The maximum absolute atomic E-state index is 13.6. The molecule has 204 valence electrons. The van der Waals surface area contributed by atoms with Crippen LogP contribution in [0.15, 0.2) is 73.1 Å². The number of ether oxygens (including phenoxy) is 1. The molecule has 3 aromatic rings. The van der Waals surface area contributed by atoms with E-state index in [-0.39, 0.29) is 48.2 Å². The van der Waals surface area contributed by atoms with E-state index in [0.29, 0.717) is 23.5 Å². The van der Waals surface area contributed by atoms with Gasteiger partial charge in [0, 0.05) is 43.2 Å². The molecule has 0 spiro atoms. The zero-order valence-corrected chi connectivity index (χ0v) is 22.2. The second-order valence-corrected chi connectivity index (χ2v) is 9.67. The fourth-order valence-corrected chi connectivity index (χ4v) is 4.35. The summed E-state index contributed by atoms with van der Waals surface area (Å²) in [4.78, 5) is 46.6. The van der Waals surface area contributed by atoms with E-state index in [1.165, 1.54) is 17.3 Å². The second-order valence-electron chi connectivity index (χ2n) is 9.67. The molecule has 0 saturated heterocycles. The fraction of sp³-hybridized carbons (Fsp3) is 0.310. The summed E-state index contributed by atoms with van der Waals surface area (Å²) in [7, 11) is 1.67. The predicted octanol–water partition coefficient (Wildman–Crippen LogP) is 3.72. The fourth-order valence-electron chi connectivity index (χ4n) is 4.35. The van der Waals surface area contributed by atoms with E-state index in [9.17, 15) is 19.5 Å². The normalized spacial score (nSPS) is 17.6. The molecule has 0 radical (unpaired) electrons. The Labute approximate surface area is 227 Å². The van der Waals surface area contributed by atoms with Crippen molar-refractivity contribution < 1.29 is 24.2 Å². The summed E-state index contributed by atoms with van der Waals surface area (Å²) in [5.74, 6) is -0.694. The molecule has 2 aromatic carbocycles. The standard InChI is InChI=1S/C29H33N5O5/c1-19-16-34(20(2)18-35)28(37)23-10-7-11-24(32-27(36)21-12-14-30-15-13-21)26(23)39-25(19)17-33(3)29(38)31-22-8-5-4-6-9-22/h4-15,19-20,25,35H,16-18H2,1-3H3,(H,31,38)(H,32,36)/t19-,20-,25-/m1/s1. The van der Waals surface area contributed by atoms with E-state index in [1.54, 1.807) is 61.3 Å². The number of fused-ring (bicyclic) bond motifs is 1. The van der Waals surface area contributed by atoms with Gasteiger partial charge in [-0.25, -0.2) is 4.79 Å². The summed E-state index contributed by atoms with van der Waals surface area (Å²) >= 11 is 0. The molecule has 10 heteroatoms. The number of aliphatic hydroxyl groups excluding tert-OH is 1. The lowest BCUT2D eigenvalue weighted by Crippen LogP contribution is -2.50. The third-order valence-corrected chi connectivity index (χ3v) is 6.71. The lowest BCUT2D eigenvalue weighted by Gasteiger charge is -2.38. The average molecular weight is 532 g/mol. The van der Waals surface area contributed by atoms with Gasteiger partial charge in [-0.3, -0.25) is 14.6 Å². The molecule has 1 aliphatic rings. The lowest BCUT2D eigenvalue weighted by molar-refractivity contribution is 0.0372. The molecule has 2 heterocycles. The first-order valence-electron chi connectivity index (χ1n) is 12.8. The van der Waals surface area contributed by atoms with Gasteiger partial charge in [-0.2, -0.15) is 0 Å². The first kappa shape index (κ1) is 27.6. The number of carbonyl (C=O) groups is 3. The maximum Gasteiger partial charge on any atom is 0.321 e. The van der Waals surface area contributed by atoms with Gasteiger partial charge in [-0.1, -0.05) is 31.2 Å². The summed E-state index contributed by atoms with van der Waals surface area (Å²) in [5, 5.41) is 15.6. The van der Waals surface area contributed by atoms with Crippen LogP contribution in [-0.2, 0) is 0 Å². The van der Waals surface area contributed by atoms with Crippen LogP contribution in [0.4, 0.5) is 16.2 Å². The highest BCUT2D eigenvalue weighted by Gasteiger charge is 2.35. The smallest absolute Gasteiger partial charge is 0.321 e. The van der Waals surface area contributed by atoms with E-state index in [1.807, 2.05) is 25.1 Å². The topological polar surface area (TPSA) is 124 Å². The van der Waals surface area contributed by atoms with Crippen LogP contribution in [0.1, 0.15) is 34.6 Å². The minimum atomic E-state index is -0.532. The number of anilines is 2. The zero-order chi connectivity index (χ0) is 27.9. The Kier molecular flexibility index (Phi) is 8.77. The molecule has 4 amide bonds. The molecule has 0 fully saturated rings. The Morgan fingerprint density at radius 3 is 2.51 bits per heavy atom. The van der Waals surface area contributed by atoms with Crippen LogP contribution in [0.5, 0.6) is 5.75 Å². The number of hydrogen-bond acceptors (Lipinski definition) is 6. The molecule has 3 N–H and O–H groups in total. The number of rotatable bonds is 7. The van der Waals surface area contributed by atoms with Gasteiger partial charge in [0.05, 0.1) is 30.4 Å². The first-order chi connectivity index (χ1) is 18.8. The number of hydrogen-bond donors (Lipinski definition) is 3. The van der Waals surface area contributed by atoms with Crippen molar-refractivity contribution in [1.82, 2.24) is 14.8 Å². The van der Waals surface area contributed by atoms with Gasteiger partial charge >= 0.3 is 6.03 Å². The minimum absolute atomic E-state index is 0.210. The molecule has 39 heavy (non-hydrogen) atoms. The van der Waals surface area contributed by atoms with Crippen LogP contribution in [0.25, 0.3) is 0 Å². The Balaban J connectivity index is 1.65. The van der Waals surface area contributed by atoms with Gasteiger partial charge in [0.2, 0.25) is 0 Å². The molecule has 0 saturated carbocycles. The Hall–Kier alpha value is -4.44. The van der Waals surface area contributed by atoms with Crippen molar-refractivity contribution in [2.45, 2.75) is 26.0 Å². The van der Waals surface area contributed by atoms with Crippen molar-refractivity contribution in [3.63, 3.8) is 0 Å². The number of aliphatic hydroxyl groups is 1. The summed E-state index contributed by atoms with van der Waals surface area (Å²) in [6.45, 7) is 4.02. The number of urea groups is 1. The van der Waals surface area contributed by atoms with Crippen LogP contribution in [0, 0.1) is 5.92 Å². The largest absolute Gasteiger partial charge is 0.485 e. The monoisotopic (exact) mass is 531 g/mol. The van der Waals surface area contributed by atoms with Gasteiger partial charge in [0.25, 0.3) is 11.8 Å². The molecular weight excluding hydrogens is 498 g/mol.